The number of nitrogens with two attached hydrogens (primary N) is 2. The van der Waals surface area contributed by atoms with Crippen LogP contribution in [0.25, 0.3) is 0 Å². The Hall–Kier alpha value is -1.60. The Morgan fingerprint density at radius 2 is 2.12 bits per heavy atom. The zero-order valence-electron chi connectivity index (χ0n) is 8.81. The molecule has 17 heavy (non-hydrogen) atoms. The number of nitrogen functional groups attached to an aromatic ring is 1. The Kier molecular flexibility index (Phi) is 4.47. The van der Waals surface area contributed by atoms with Crippen LogP contribution in [0.5, 0.6) is 0 Å². The number of carbonyl (C=O) groups excluding carboxylic acids is 2. The molecule has 0 heterocycles. The molecule has 92 valence electrons. The first-order chi connectivity index (χ1) is 7.91. The molecular weight excluding hydrogens is 290 g/mol. The van der Waals surface area contributed by atoms with Gasteiger partial charge in [0.15, 0.2) is 0 Å². The van der Waals surface area contributed by atoms with E-state index in [4.69, 9.17) is 16.6 Å². The zero-order chi connectivity index (χ0) is 13.0. The van der Waals surface area contributed by atoms with Gasteiger partial charge in [-0.15, -0.1) is 0 Å². The molecule has 1 aromatic carbocycles. The maximum atomic E-state index is 11.7. The molecule has 2 amide bonds. The second-order valence-electron chi connectivity index (χ2n) is 3.37. The van der Waals surface area contributed by atoms with Crippen molar-refractivity contribution in [2.45, 2.75) is 6.10 Å². The third-order valence-corrected chi connectivity index (χ3v) is 2.71. The van der Waals surface area contributed by atoms with Crippen LogP contribution in [0.2, 0.25) is 0 Å². The Morgan fingerprint density at radius 3 is 2.71 bits per heavy atom. The number of aliphatic hydroxyl groups excluding tert-OH is 1. The molecule has 0 saturated heterocycles. The van der Waals surface area contributed by atoms with Crippen molar-refractivity contribution >= 4 is 33.4 Å². The fraction of sp³-hybridized carbons (Fsp3) is 0.200. The number of aliphatic hydroxyl groups is 1. The van der Waals surface area contributed by atoms with E-state index in [0.29, 0.717) is 15.7 Å². The number of benzene rings is 1. The van der Waals surface area contributed by atoms with Crippen molar-refractivity contribution in [3.05, 3.63) is 28.2 Å². The number of amides is 2. The molecule has 0 spiro atoms. The minimum absolute atomic E-state index is 0.241. The fourth-order valence-electron chi connectivity index (χ4n) is 1.10. The van der Waals surface area contributed by atoms with E-state index in [2.05, 4.69) is 21.2 Å². The summed E-state index contributed by atoms with van der Waals surface area (Å²) in [6.45, 7) is -0.241. The molecule has 0 bridgehead atoms. The highest BCUT2D eigenvalue weighted by Crippen LogP contribution is 2.19. The highest BCUT2D eigenvalue weighted by atomic mass is 79.9. The highest BCUT2D eigenvalue weighted by Gasteiger charge is 2.15. The summed E-state index contributed by atoms with van der Waals surface area (Å²) in [5.74, 6) is -1.35. The standard InChI is InChI=1S/C10H12BrN3O3/c11-7-2-1-5(12)3-6(7)10(17)14-4-8(15)9(13)16/h1-3,8,15H,4,12H2,(H2,13,16)(H,14,17). The number of anilines is 1. The second kappa shape index (κ2) is 5.65. The summed E-state index contributed by atoms with van der Waals surface area (Å²) < 4.78 is 0.567. The van der Waals surface area contributed by atoms with Crippen LogP contribution in [0.1, 0.15) is 10.4 Å². The van der Waals surface area contributed by atoms with Gasteiger partial charge in [0.05, 0.1) is 12.1 Å². The van der Waals surface area contributed by atoms with Gasteiger partial charge < -0.3 is 21.9 Å². The Morgan fingerprint density at radius 1 is 1.47 bits per heavy atom. The first-order valence-electron chi connectivity index (χ1n) is 4.72. The van der Waals surface area contributed by atoms with Crippen molar-refractivity contribution in [2.75, 3.05) is 12.3 Å². The summed E-state index contributed by atoms with van der Waals surface area (Å²) >= 11 is 3.20. The van der Waals surface area contributed by atoms with Crippen LogP contribution >= 0.6 is 15.9 Å². The smallest absolute Gasteiger partial charge is 0.252 e. The molecule has 0 aromatic heterocycles. The molecule has 0 saturated carbocycles. The predicted molar refractivity (Wildman–Crippen MR) is 66.1 cm³/mol. The lowest BCUT2D eigenvalue weighted by molar-refractivity contribution is -0.125. The topological polar surface area (TPSA) is 118 Å². The van der Waals surface area contributed by atoms with E-state index < -0.39 is 17.9 Å². The molecule has 6 nitrogen and oxygen atoms in total. The molecule has 0 aliphatic rings. The van der Waals surface area contributed by atoms with Crippen molar-refractivity contribution in [3.63, 3.8) is 0 Å². The molecular formula is C10H12BrN3O3. The molecule has 0 fully saturated rings. The first kappa shape index (κ1) is 13.5. The van der Waals surface area contributed by atoms with Crippen LogP contribution in [-0.4, -0.2) is 29.6 Å². The van der Waals surface area contributed by atoms with Gasteiger partial charge >= 0.3 is 0 Å². The Bertz CT molecular complexity index is 450. The van der Waals surface area contributed by atoms with E-state index in [1.54, 1.807) is 12.1 Å². The average Bonchev–Trinajstić information content (AvgIpc) is 2.28. The average molecular weight is 302 g/mol. The van der Waals surface area contributed by atoms with E-state index >= 15 is 0 Å². The fourth-order valence-corrected chi connectivity index (χ4v) is 1.53. The van der Waals surface area contributed by atoms with E-state index in [-0.39, 0.29) is 6.54 Å². The second-order valence-corrected chi connectivity index (χ2v) is 4.22. The number of halogens is 1. The van der Waals surface area contributed by atoms with Gasteiger partial charge in [0.1, 0.15) is 6.10 Å². The lowest BCUT2D eigenvalue weighted by atomic mass is 10.2. The largest absolute Gasteiger partial charge is 0.399 e. The van der Waals surface area contributed by atoms with Crippen LogP contribution < -0.4 is 16.8 Å². The van der Waals surface area contributed by atoms with Gasteiger partial charge in [-0.3, -0.25) is 9.59 Å². The van der Waals surface area contributed by atoms with Gasteiger partial charge in [0, 0.05) is 10.2 Å². The molecule has 0 radical (unpaired) electrons. The molecule has 1 aromatic rings. The zero-order valence-corrected chi connectivity index (χ0v) is 10.4. The molecule has 1 rings (SSSR count). The lowest BCUT2D eigenvalue weighted by Crippen LogP contribution is -2.40. The summed E-state index contributed by atoms with van der Waals surface area (Å²) in [5.41, 5.74) is 11.2. The number of primary amides is 1. The van der Waals surface area contributed by atoms with E-state index in [1.807, 2.05) is 0 Å². The highest BCUT2D eigenvalue weighted by molar-refractivity contribution is 9.10. The first-order valence-corrected chi connectivity index (χ1v) is 5.51. The number of carbonyl (C=O) groups is 2. The minimum atomic E-state index is -1.40. The van der Waals surface area contributed by atoms with Gasteiger partial charge in [0.2, 0.25) is 5.91 Å². The monoisotopic (exact) mass is 301 g/mol. The van der Waals surface area contributed by atoms with Crippen LogP contribution in [0, 0.1) is 0 Å². The van der Waals surface area contributed by atoms with Gasteiger partial charge in [0.25, 0.3) is 5.91 Å². The van der Waals surface area contributed by atoms with E-state index in [9.17, 15) is 9.59 Å². The van der Waals surface area contributed by atoms with Gasteiger partial charge in [-0.1, -0.05) is 0 Å². The summed E-state index contributed by atoms with van der Waals surface area (Å²) in [4.78, 5) is 22.2. The summed E-state index contributed by atoms with van der Waals surface area (Å²) in [7, 11) is 0. The predicted octanol–water partition coefficient (Wildman–Crippen LogP) is -0.393. The Balaban J connectivity index is 2.70. The van der Waals surface area contributed by atoms with Crippen molar-refractivity contribution in [2.24, 2.45) is 5.73 Å². The molecule has 6 N–H and O–H groups in total. The molecule has 0 aliphatic carbocycles. The van der Waals surface area contributed by atoms with Crippen molar-refractivity contribution < 1.29 is 14.7 Å². The number of hydrogen-bond acceptors (Lipinski definition) is 4. The van der Waals surface area contributed by atoms with Crippen LogP contribution in [0.3, 0.4) is 0 Å². The van der Waals surface area contributed by atoms with Crippen LogP contribution in [-0.2, 0) is 4.79 Å². The minimum Gasteiger partial charge on any atom is -0.399 e. The maximum absolute atomic E-state index is 11.7. The lowest BCUT2D eigenvalue weighted by Gasteiger charge is -2.10. The maximum Gasteiger partial charge on any atom is 0.252 e. The normalized spacial score (nSPS) is 11.9. The van der Waals surface area contributed by atoms with Crippen LogP contribution in [0.15, 0.2) is 22.7 Å². The molecule has 1 atom stereocenters. The summed E-state index contributed by atoms with van der Waals surface area (Å²) in [6.07, 6.45) is -1.40. The van der Waals surface area contributed by atoms with Crippen molar-refractivity contribution in [3.8, 4) is 0 Å². The Labute approximate surface area is 106 Å². The van der Waals surface area contributed by atoms with E-state index in [1.165, 1.54) is 6.07 Å². The van der Waals surface area contributed by atoms with Crippen molar-refractivity contribution in [1.82, 2.24) is 5.32 Å². The van der Waals surface area contributed by atoms with Gasteiger partial charge in [-0.05, 0) is 34.1 Å². The van der Waals surface area contributed by atoms with Crippen LogP contribution in [0.4, 0.5) is 5.69 Å². The van der Waals surface area contributed by atoms with Gasteiger partial charge in [-0.2, -0.15) is 0 Å². The third-order valence-electron chi connectivity index (χ3n) is 2.02. The number of rotatable bonds is 4. The van der Waals surface area contributed by atoms with Crippen molar-refractivity contribution in [1.29, 1.82) is 0 Å². The van der Waals surface area contributed by atoms with Gasteiger partial charge in [-0.25, -0.2) is 0 Å². The number of nitrogens with one attached hydrogen (secondary N) is 1. The summed E-state index contributed by atoms with van der Waals surface area (Å²) in [5, 5.41) is 11.5. The SMILES string of the molecule is NC(=O)C(O)CNC(=O)c1cc(N)ccc1Br. The van der Waals surface area contributed by atoms with E-state index in [0.717, 1.165) is 0 Å². The molecule has 0 aliphatic heterocycles. The quantitative estimate of drug-likeness (QED) is 0.566. The number of hydrogen-bond donors (Lipinski definition) is 4. The molecule has 1 unspecified atom stereocenters. The summed E-state index contributed by atoms with van der Waals surface area (Å²) in [6, 6.07) is 4.75. The third kappa shape index (κ3) is 3.72. The molecule has 7 heteroatoms.